The molecule has 2 aliphatic heterocycles. The molecule has 10 heavy (non-hydrogen) atoms. The van der Waals surface area contributed by atoms with Crippen LogP contribution in [-0.2, 0) is 9.47 Å². The van der Waals surface area contributed by atoms with Crippen molar-refractivity contribution in [3.05, 3.63) is 0 Å². The van der Waals surface area contributed by atoms with Gasteiger partial charge in [0.15, 0.2) is 6.29 Å². The molecular weight excluding hydrogens is 136 g/mol. The van der Waals surface area contributed by atoms with Crippen molar-refractivity contribution in [1.29, 1.82) is 0 Å². The Hall–Kier alpha value is -0.160. The number of rotatable bonds is 0. The van der Waals surface area contributed by atoms with E-state index in [1.54, 1.807) is 0 Å². The Balaban J connectivity index is 2.09. The molecule has 0 amide bonds. The molecule has 4 unspecified atom stereocenters. The zero-order valence-electron chi connectivity index (χ0n) is 5.43. The lowest BCUT2D eigenvalue weighted by Gasteiger charge is -2.08. The Morgan fingerprint density at radius 1 is 1.10 bits per heavy atom. The highest BCUT2D eigenvalue weighted by Gasteiger charge is 2.46. The van der Waals surface area contributed by atoms with Gasteiger partial charge in [0.1, 0.15) is 6.10 Å². The van der Waals surface area contributed by atoms with Gasteiger partial charge in [0, 0.05) is 5.92 Å². The lowest BCUT2D eigenvalue weighted by molar-refractivity contribution is -0.123. The fourth-order valence-corrected chi connectivity index (χ4v) is 1.48. The van der Waals surface area contributed by atoms with E-state index in [1.165, 1.54) is 0 Å². The Morgan fingerprint density at radius 2 is 1.90 bits per heavy atom. The number of aliphatic hydroxyl groups is 2. The van der Waals surface area contributed by atoms with Crippen LogP contribution in [0.1, 0.15) is 0 Å². The Bertz CT molecular complexity index is 122. The van der Waals surface area contributed by atoms with Crippen LogP contribution in [0.15, 0.2) is 0 Å². The van der Waals surface area contributed by atoms with Gasteiger partial charge in [-0.15, -0.1) is 0 Å². The highest BCUT2D eigenvalue weighted by molar-refractivity contribution is 4.89. The molecule has 2 aliphatic rings. The molecular formula is C6H10O4. The van der Waals surface area contributed by atoms with Gasteiger partial charge in [-0.05, 0) is 0 Å². The van der Waals surface area contributed by atoms with Crippen LogP contribution in [-0.4, -0.2) is 41.9 Å². The molecule has 4 atom stereocenters. The summed E-state index contributed by atoms with van der Waals surface area (Å²) in [6, 6.07) is 0. The molecule has 0 aromatic heterocycles. The maximum atomic E-state index is 9.20. The third-order valence-electron chi connectivity index (χ3n) is 2.12. The number of fused-ring (bicyclic) bond motifs is 1. The molecule has 2 N–H and O–H groups in total. The smallest absolute Gasteiger partial charge is 0.181 e. The van der Waals surface area contributed by atoms with Crippen molar-refractivity contribution < 1.29 is 19.7 Å². The SMILES string of the molecule is OC1COC2C(O)OCC12. The standard InChI is InChI=1S/C6H10O4/c7-4-2-9-5-3(4)1-10-6(5)8/h3-8H,1-2H2. The van der Waals surface area contributed by atoms with Gasteiger partial charge < -0.3 is 19.7 Å². The second kappa shape index (κ2) is 2.17. The van der Waals surface area contributed by atoms with E-state index < -0.39 is 12.4 Å². The number of hydrogen-bond acceptors (Lipinski definition) is 4. The summed E-state index contributed by atoms with van der Waals surface area (Å²) in [7, 11) is 0. The van der Waals surface area contributed by atoms with Crippen molar-refractivity contribution in [3.8, 4) is 0 Å². The number of hydrogen-bond donors (Lipinski definition) is 2. The van der Waals surface area contributed by atoms with Gasteiger partial charge in [0.25, 0.3) is 0 Å². The van der Waals surface area contributed by atoms with E-state index >= 15 is 0 Å². The van der Waals surface area contributed by atoms with Gasteiger partial charge in [-0.1, -0.05) is 0 Å². The summed E-state index contributed by atoms with van der Waals surface area (Å²) >= 11 is 0. The van der Waals surface area contributed by atoms with Gasteiger partial charge in [-0.2, -0.15) is 0 Å². The quantitative estimate of drug-likeness (QED) is 0.446. The molecule has 4 heteroatoms. The van der Waals surface area contributed by atoms with Crippen LogP contribution >= 0.6 is 0 Å². The summed E-state index contributed by atoms with van der Waals surface area (Å²) in [5.74, 6) is -0.0185. The van der Waals surface area contributed by atoms with E-state index in [4.69, 9.17) is 14.6 Å². The van der Waals surface area contributed by atoms with Crippen molar-refractivity contribution in [3.63, 3.8) is 0 Å². The lowest BCUT2D eigenvalue weighted by Crippen LogP contribution is -2.26. The summed E-state index contributed by atoms with van der Waals surface area (Å²) in [6.45, 7) is 0.739. The van der Waals surface area contributed by atoms with Crippen molar-refractivity contribution in [2.24, 2.45) is 5.92 Å². The van der Waals surface area contributed by atoms with E-state index in [9.17, 15) is 5.11 Å². The molecule has 2 fully saturated rings. The average molecular weight is 146 g/mol. The molecule has 0 saturated carbocycles. The minimum atomic E-state index is -0.831. The molecule has 4 nitrogen and oxygen atoms in total. The molecule has 58 valence electrons. The molecule has 2 rings (SSSR count). The second-order valence-electron chi connectivity index (χ2n) is 2.75. The first-order valence-corrected chi connectivity index (χ1v) is 3.38. The van der Waals surface area contributed by atoms with Gasteiger partial charge in [0.2, 0.25) is 0 Å². The van der Waals surface area contributed by atoms with Crippen LogP contribution < -0.4 is 0 Å². The summed E-state index contributed by atoms with van der Waals surface area (Å²) < 4.78 is 9.94. The maximum Gasteiger partial charge on any atom is 0.181 e. The van der Waals surface area contributed by atoms with Crippen molar-refractivity contribution in [2.45, 2.75) is 18.5 Å². The maximum absolute atomic E-state index is 9.20. The molecule has 2 saturated heterocycles. The largest absolute Gasteiger partial charge is 0.390 e. The highest BCUT2D eigenvalue weighted by atomic mass is 16.6. The van der Waals surface area contributed by atoms with E-state index in [2.05, 4.69) is 0 Å². The van der Waals surface area contributed by atoms with Gasteiger partial charge in [0.05, 0.1) is 19.3 Å². The lowest BCUT2D eigenvalue weighted by atomic mass is 10.0. The summed E-state index contributed by atoms with van der Waals surface area (Å²) in [4.78, 5) is 0. The molecule has 0 aliphatic carbocycles. The molecule has 0 aromatic carbocycles. The molecule has 0 spiro atoms. The predicted molar refractivity (Wildman–Crippen MR) is 31.2 cm³/mol. The van der Waals surface area contributed by atoms with E-state index in [0.717, 1.165) is 0 Å². The Kier molecular flexibility index (Phi) is 1.42. The minimum absolute atomic E-state index is 0.0185. The molecule has 0 aromatic rings. The van der Waals surface area contributed by atoms with E-state index in [0.29, 0.717) is 13.2 Å². The Morgan fingerprint density at radius 3 is 2.60 bits per heavy atom. The van der Waals surface area contributed by atoms with Crippen molar-refractivity contribution >= 4 is 0 Å². The Labute approximate surface area is 58.4 Å². The molecule has 0 bridgehead atoms. The van der Waals surface area contributed by atoms with Gasteiger partial charge in [-0.3, -0.25) is 0 Å². The topological polar surface area (TPSA) is 58.9 Å². The third kappa shape index (κ3) is 0.769. The van der Waals surface area contributed by atoms with Crippen LogP contribution in [0.5, 0.6) is 0 Å². The summed E-state index contributed by atoms with van der Waals surface area (Å²) in [5.41, 5.74) is 0. The van der Waals surface area contributed by atoms with Crippen LogP contribution in [0, 0.1) is 5.92 Å². The van der Waals surface area contributed by atoms with Gasteiger partial charge in [-0.25, -0.2) is 0 Å². The van der Waals surface area contributed by atoms with Crippen LogP contribution in [0.2, 0.25) is 0 Å². The first-order valence-electron chi connectivity index (χ1n) is 3.38. The van der Waals surface area contributed by atoms with Crippen molar-refractivity contribution in [1.82, 2.24) is 0 Å². The first kappa shape index (κ1) is 6.54. The minimum Gasteiger partial charge on any atom is -0.390 e. The summed E-state index contributed by atoms with van der Waals surface area (Å²) in [6.07, 6.45) is -1.58. The fraction of sp³-hybridized carbons (Fsp3) is 1.00. The first-order chi connectivity index (χ1) is 4.79. The zero-order chi connectivity index (χ0) is 7.14. The summed E-state index contributed by atoms with van der Waals surface area (Å²) in [5, 5.41) is 18.3. The van der Waals surface area contributed by atoms with Crippen LogP contribution in [0.3, 0.4) is 0 Å². The normalized spacial score (nSPS) is 53.4. The predicted octanol–water partition coefficient (Wildman–Crippen LogP) is -1.29. The van der Waals surface area contributed by atoms with E-state index in [-0.39, 0.29) is 12.0 Å². The number of ether oxygens (including phenoxy) is 2. The van der Waals surface area contributed by atoms with Crippen LogP contribution in [0.25, 0.3) is 0 Å². The number of aliphatic hydroxyl groups excluding tert-OH is 2. The fourth-order valence-electron chi connectivity index (χ4n) is 1.48. The molecule has 0 radical (unpaired) electrons. The third-order valence-corrected chi connectivity index (χ3v) is 2.12. The van der Waals surface area contributed by atoms with Gasteiger partial charge >= 0.3 is 0 Å². The van der Waals surface area contributed by atoms with Crippen molar-refractivity contribution in [2.75, 3.05) is 13.2 Å². The van der Waals surface area contributed by atoms with Crippen LogP contribution in [0.4, 0.5) is 0 Å². The highest BCUT2D eigenvalue weighted by Crippen LogP contribution is 2.30. The average Bonchev–Trinajstić information content (AvgIpc) is 2.41. The zero-order valence-corrected chi connectivity index (χ0v) is 5.43. The van der Waals surface area contributed by atoms with E-state index in [1.807, 2.05) is 0 Å². The second-order valence-corrected chi connectivity index (χ2v) is 2.75. The molecule has 2 heterocycles. The monoisotopic (exact) mass is 146 g/mol.